The quantitative estimate of drug-likeness (QED) is 0.126. The first-order valence-electron chi connectivity index (χ1n) is 12.4. The van der Waals surface area contributed by atoms with Crippen molar-refractivity contribution in [3.05, 3.63) is 71.9 Å². The number of aromatic amines is 1. The summed E-state index contributed by atoms with van der Waals surface area (Å²) in [6.07, 6.45) is 0.793. The van der Waals surface area contributed by atoms with Gasteiger partial charge in [0, 0.05) is 35.7 Å². The Bertz CT molecular complexity index is 1360. The largest absolute Gasteiger partial charge is 0.481 e. The molecular formula is C27H31N5O7S. The van der Waals surface area contributed by atoms with Crippen LogP contribution in [-0.2, 0) is 36.8 Å². The van der Waals surface area contributed by atoms with Crippen molar-refractivity contribution in [2.45, 2.75) is 43.4 Å². The van der Waals surface area contributed by atoms with Gasteiger partial charge in [0.15, 0.2) is 0 Å². The van der Waals surface area contributed by atoms with E-state index in [9.17, 15) is 34.2 Å². The van der Waals surface area contributed by atoms with Crippen LogP contribution in [0.15, 0.2) is 60.8 Å². The molecular weight excluding hydrogens is 538 g/mol. The molecule has 212 valence electrons. The highest BCUT2D eigenvalue weighted by Gasteiger charge is 2.32. The van der Waals surface area contributed by atoms with E-state index in [0.29, 0.717) is 11.1 Å². The lowest BCUT2D eigenvalue weighted by Crippen LogP contribution is -2.58. The van der Waals surface area contributed by atoms with Gasteiger partial charge in [-0.25, -0.2) is 4.79 Å². The second-order valence-corrected chi connectivity index (χ2v) is 9.53. The van der Waals surface area contributed by atoms with Crippen LogP contribution in [0.4, 0.5) is 0 Å². The van der Waals surface area contributed by atoms with Crippen molar-refractivity contribution in [2.75, 3.05) is 5.75 Å². The van der Waals surface area contributed by atoms with E-state index in [1.165, 1.54) is 0 Å². The number of aliphatic carboxylic acids is 2. The zero-order chi connectivity index (χ0) is 29.2. The summed E-state index contributed by atoms with van der Waals surface area (Å²) in [7, 11) is 0. The minimum Gasteiger partial charge on any atom is -0.481 e. The van der Waals surface area contributed by atoms with Crippen LogP contribution >= 0.6 is 12.6 Å². The monoisotopic (exact) mass is 569 g/mol. The maximum atomic E-state index is 13.4. The third kappa shape index (κ3) is 8.32. The summed E-state index contributed by atoms with van der Waals surface area (Å²) in [4.78, 5) is 65.4. The molecule has 2 aromatic carbocycles. The van der Waals surface area contributed by atoms with Gasteiger partial charge in [-0.15, -0.1) is 0 Å². The van der Waals surface area contributed by atoms with Crippen LogP contribution in [0.3, 0.4) is 0 Å². The molecule has 4 unspecified atom stereocenters. The number of H-pyrrole nitrogens is 1. The standard InChI is InChI=1S/C27H31N5O7S/c28-18(14-40)24(35)30-20(11-16-13-29-19-9-5-4-8-17(16)19)25(36)31-21(12-23(33)34)26(37)32-22(27(38)39)10-15-6-2-1-3-7-15/h1-9,13,18,20-22,29,40H,10-12,14,28H2,(H,30,35)(H,31,36)(H,32,37)(H,33,34)(H,38,39). The van der Waals surface area contributed by atoms with Crippen LogP contribution in [0.1, 0.15) is 17.5 Å². The lowest BCUT2D eigenvalue weighted by atomic mass is 10.0. The molecule has 0 radical (unpaired) electrons. The van der Waals surface area contributed by atoms with E-state index in [1.54, 1.807) is 36.5 Å². The highest BCUT2D eigenvalue weighted by atomic mass is 32.1. The van der Waals surface area contributed by atoms with Crippen molar-refractivity contribution in [2.24, 2.45) is 5.73 Å². The molecule has 0 aliphatic heterocycles. The van der Waals surface area contributed by atoms with E-state index in [2.05, 4.69) is 33.6 Å². The van der Waals surface area contributed by atoms with Crippen molar-refractivity contribution in [1.82, 2.24) is 20.9 Å². The number of rotatable bonds is 14. The van der Waals surface area contributed by atoms with Crippen molar-refractivity contribution in [3.63, 3.8) is 0 Å². The summed E-state index contributed by atoms with van der Waals surface area (Å²) in [5.41, 5.74) is 7.89. The molecule has 13 heteroatoms. The van der Waals surface area contributed by atoms with Gasteiger partial charge >= 0.3 is 11.9 Å². The molecule has 0 fully saturated rings. The molecule has 3 aromatic rings. The van der Waals surface area contributed by atoms with E-state index in [-0.39, 0.29) is 18.6 Å². The number of nitrogens with two attached hydrogens (primary N) is 1. The van der Waals surface area contributed by atoms with Crippen molar-refractivity contribution in [3.8, 4) is 0 Å². The summed E-state index contributed by atoms with van der Waals surface area (Å²) >= 11 is 4.01. The zero-order valence-electron chi connectivity index (χ0n) is 21.4. The van der Waals surface area contributed by atoms with Crippen molar-refractivity contribution >= 4 is 53.2 Å². The average Bonchev–Trinajstić information content (AvgIpc) is 3.34. The Labute approximate surface area is 235 Å². The number of carbonyl (C=O) groups excluding carboxylic acids is 3. The molecule has 0 saturated carbocycles. The Morgan fingerprint density at radius 1 is 0.800 bits per heavy atom. The maximum Gasteiger partial charge on any atom is 0.326 e. The molecule has 3 amide bonds. The zero-order valence-corrected chi connectivity index (χ0v) is 22.3. The first kappa shape index (κ1) is 30.2. The first-order valence-corrected chi connectivity index (χ1v) is 13.0. The van der Waals surface area contributed by atoms with Crippen LogP contribution < -0.4 is 21.7 Å². The van der Waals surface area contributed by atoms with Gasteiger partial charge in [0.05, 0.1) is 12.5 Å². The summed E-state index contributed by atoms with van der Waals surface area (Å²) in [6, 6.07) is 10.6. The van der Waals surface area contributed by atoms with E-state index in [0.717, 1.165) is 10.9 Å². The van der Waals surface area contributed by atoms with Gasteiger partial charge in [-0.1, -0.05) is 48.5 Å². The van der Waals surface area contributed by atoms with Crippen LogP contribution in [-0.4, -0.2) is 74.8 Å². The Morgan fingerprint density at radius 2 is 1.40 bits per heavy atom. The molecule has 4 atom stereocenters. The Kier molecular flexibility index (Phi) is 10.7. The molecule has 0 spiro atoms. The number of carboxylic acid groups (broad SMARTS) is 2. The van der Waals surface area contributed by atoms with Crippen LogP contribution in [0.5, 0.6) is 0 Å². The van der Waals surface area contributed by atoms with Crippen molar-refractivity contribution in [1.29, 1.82) is 0 Å². The van der Waals surface area contributed by atoms with Gasteiger partial charge < -0.3 is 36.9 Å². The molecule has 1 aromatic heterocycles. The molecule has 40 heavy (non-hydrogen) atoms. The molecule has 0 bridgehead atoms. The number of carbonyl (C=O) groups is 5. The predicted molar refractivity (Wildman–Crippen MR) is 150 cm³/mol. The topological polar surface area (TPSA) is 204 Å². The highest BCUT2D eigenvalue weighted by molar-refractivity contribution is 7.80. The average molecular weight is 570 g/mol. The summed E-state index contributed by atoms with van der Waals surface area (Å²) in [5.74, 6) is -5.23. The number of aromatic nitrogens is 1. The fourth-order valence-corrected chi connectivity index (χ4v) is 4.24. The molecule has 0 aliphatic rings. The van der Waals surface area contributed by atoms with Gasteiger partial charge in [-0.05, 0) is 17.2 Å². The fraction of sp³-hybridized carbons (Fsp3) is 0.296. The van der Waals surface area contributed by atoms with E-state index >= 15 is 0 Å². The van der Waals surface area contributed by atoms with Crippen LogP contribution in [0.2, 0.25) is 0 Å². The third-order valence-electron chi connectivity index (χ3n) is 6.17. The van der Waals surface area contributed by atoms with Gasteiger partial charge in [0.2, 0.25) is 17.7 Å². The lowest BCUT2D eigenvalue weighted by molar-refractivity contribution is -0.143. The van der Waals surface area contributed by atoms with E-state index in [1.807, 2.05) is 24.3 Å². The second-order valence-electron chi connectivity index (χ2n) is 9.16. The normalized spacial score (nSPS) is 13.9. The fourth-order valence-electron chi connectivity index (χ4n) is 4.07. The smallest absolute Gasteiger partial charge is 0.326 e. The maximum absolute atomic E-state index is 13.4. The Hall–Kier alpha value is -4.36. The third-order valence-corrected chi connectivity index (χ3v) is 6.57. The summed E-state index contributed by atoms with van der Waals surface area (Å²) in [5, 5.41) is 27.1. The Morgan fingerprint density at radius 3 is 2.05 bits per heavy atom. The van der Waals surface area contributed by atoms with E-state index < -0.39 is 60.2 Å². The van der Waals surface area contributed by atoms with Crippen LogP contribution in [0, 0.1) is 0 Å². The number of thiol groups is 1. The van der Waals surface area contributed by atoms with Crippen LogP contribution in [0.25, 0.3) is 10.9 Å². The SMILES string of the molecule is NC(CS)C(=O)NC(Cc1c[nH]c2ccccc12)C(=O)NC(CC(=O)O)C(=O)NC(Cc1ccccc1)C(=O)O. The Balaban J connectivity index is 1.81. The number of para-hydroxylation sites is 1. The molecule has 12 nitrogen and oxygen atoms in total. The molecule has 0 saturated heterocycles. The summed E-state index contributed by atoms with van der Waals surface area (Å²) in [6.45, 7) is 0. The van der Waals surface area contributed by atoms with Gasteiger partial charge in [0.25, 0.3) is 0 Å². The highest BCUT2D eigenvalue weighted by Crippen LogP contribution is 2.19. The number of amides is 3. The minimum atomic E-state index is -1.62. The number of benzene rings is 2. The van der Waals surface area contributed by atoms with Gasteiger partial charge in [-0.3, -0.25) is 19.2 Å². The number of nitrogens with one attached hydrogen (secondary N) is 4. The first-order chi connectivity index (χ1) is 19.1. The number of fused-ring (bicyclic) bond motifs is 1. The minimum absolute atomic E-state index is 0.00591. The van der Waals surface area contributed by atoms with Crippen molar-refractivity contribution < 1.29 is 34.2 Å². The molecule has 1 heterocycles. The predicted octanol–water partition coefficient (Wildman–Crippen LogP) is 0.224. The van der Waals surface area contributed by atoms with E-state index in [4.69, 9.17) is 5.73 Å². The molecule has 0 aliphatic carbocycles. The summed E-state index contributed by atoms with van der Waals surface area (Å²) < 4.78 is 0. The molecule has 8 N–H and O–H groups in total. The lowest BCUT2D eigenvalue weighted by Gasteiger charge is -2.24. The number of hydrogen-bond donors (Lipinski definition) is 8. The number of carboxylic acids is 2. The molecule has 3 rings (SSSR count). The number of hydrogen-bond acceptors (Lipinski definition) is 7. The van der Waals surface area contributed by atoms with Gasteiger partial charge in [-0.2, -0.15) is 12.6 Å². The second kappa shape index (κ2) is 14.1. The van der Waals surface area contributed by atoms with Gasteiger partial charge in [0.1, 0.15) is 18.1 Å².